The van der Waals surface area contributed by atoms with Gasteiger partial charge in [-0.05, 0) is 79.8 Å². The van der Waals surface area contributed by atoms with Crippen molar-refractivity contribution in [2.45, 2.75) is 48.5 Å². The molecule has 2 aromatic carbocycles. The molecule has 0 aliphatic heterocycles. The van der Waals surface area contributed by atoms with E-state index in [9.17, 15) is 22.8 Å². The lowest BCUT2D eigenvalue weighted by Crippen LogP contribution is -2.33. The van der Waals surface area contributed by atoms with Crippen LogP contribution in [0.5, 0.6) is 5.75 Å². The highest BCUT2D eigenvalue weighted by molar-refractivity contribution is 8.00. The topological polar surface area (TPSA) is 84.1 Å². The van der Waals surface area contributed by atoms with E-state index in [-0.39, 0.29) is 34.3 Å². The summed E-state index contributed by atoms with van der Waals surface area (Å²) >= 11 is -0.181. The highest BCUT2D eigenvalue weighted by Crippen LogP contribution is 2.42. The minimum absolute atomic E-state index is 0.0229. The number of H-pyrrole nitrogens is 1. The number of aromatic nitrogens is 2. The Labute approximate surface area is 210 Å². The summed E-state index contributed by atoms with van der Waals surface area (Å²) < 4.78 is 43.2. The second-order valence-electron chi connectivity index (χ2n) is 9.24. The molecule has 1 unspecified atom stereocenters. The Morgan fingerprint density at radius 2 is 1.75 bits per heavy atom. The van der Waals surface area contributed by atoms with Crippen molar-refractivity contribution < 1.29 is 22.7 Å². The van der Waals surface area contributed by atoms with Crippen molar-refractivity contribution in [1.29, 1.82) is 0 Å². The summed E-state index contributed by atoms with van der Waals surface area (Å²) in [7, 11) is 1.58. The van der Waals surface area contributed by atoms with Crippen LogP contribution in [0.2, 0.25) is 0 Å². The lowest BCUT2D eigenvalue weighted by molar-refractivity contribution is -0.0328. The Balaban J connectivity index is 1.57. The van der Waals surface area contributed by atoms with E-state index in [2.05, 4.69) is 15.3 Å². The molecular weight excluding hydrogens is 491 g/mol. The fraction of sp³-hybridized carbons (Fsp3) is 0.346. The van der Waals surface area contributed by atoms with Crippen LogP contribution in [0.1, 0.15) is 60.2 Å². The minimum atomic E-state index is -4.37. The van der Waals surface area contributed by atoms with Crippen molar-refractivity contribution in [1.82, 2.24) is 15.3 Å². The predicted octanol–water partition coefficient (Wildman–Crippen LogP) is 5.60. The molecule has 4 rings (SSSR count). The number of nitrogens with one attached hydrogen (secondary N) is 2. The summed E-state index contributed by atoms with van der Waals surface area (Å²) in [5.41, 5.74) is -3.97. The van der Waals surface area contributed by atoms with Gasteiger partial charge in [0.25, 0.3) is 11.5 Å². The van der Waals surface area contributed by atoms with Gasteiger partial charge in [0.05, 0.1) is 13.2 Å². The van der Waals surface area contributed by atoms with Crippen molar-refractivity contribution in [3.8, 4) is 5.75 Å². The van der Waals surface area contributed by atoms with Gasteiger partial charge in [0, 0.05) is 16.4 Å². The Kier molecular flexibility index (Phi) is 7.17. The van der Waals surface area contributed by atoms with Crippen LogP contribution in [0.3, 0.4) is 0 Å². The quantitative estimate of drug-likeness (QED) is 0.380. The van der Waals surface area contributed by atoms with Crippen LogP contribution in [-0.2, 0) is 5.41 Å². The summed E-state index contributed by atoms with van der Waals surface area (Å²) in [4.78, 5) is 32.9. The number of hydrogen-bond donors (Lipinski definition) is 2. The van der Waals surface area contributed by atoms with E-state index >= 15 is 0 Å². The molecule has 1 aromatic heterocycles. The first-order chi connectivity index (χ1) is 17.0. The van der Waals surface area contributed by atoms with Gasteiger partial charge in [-0.15, -0.1) is 0 Å². The summed E-state index contributed by atoms with van der Waals surface area (Å²) in [5, 5.41) is 2.94. The highest BCUT2D eigenvalue weighted by atomic mass is 32.2. The van der Waals surface area contributed by atoms with Crippen LogP contribution >= 0.6 is 11.8 Å². The second kappa shape index (κ2) is 10.0. The highest BCUT2D eigenvalue weighted by Gasteiger charge is 2.35. The molecule has 1 aliphatic rings. The van der Waals surface area contributed by atoms with E-state index in [1.54, 1.807) is 19.2 Å². The third-order valence-electron chi connectivity index (χ3n) is 6.23. The number of alkyl halides is 3. The molecule has 0 bridgehead atoms. The van der Waals surface area contributed by atoms with Crippen molar-refractivity contribution in [3.63, 3.8) is 0 Å². The molecule has 1 aliphatic carbocycles. The number of nitrogens with zero attached hydrogens (tertiary/aromatic N) is 1. The molecule has 1 atom stereocenters. The monoisotopic (exact) mass is 517 g/mol. The Morgan fingerprint density at radius 3 is 2.31 bits per heavy atom. The Morgan fingerprint density at radius 1 is 1.11 bits per heavy atom. The fourth-order valence-electron chi connectivity index (χ4n) is 4.01. The number of halogens is 3. The second-order valence-corrected chi connectivity index (χ2v) is 10.4. The zero-order chi connectivity index (χ0) is 26.1. The molecule has 1 amide bonds. The lowest BCUT2D eigenvalue weighted by atomic mass is 9.83. The van der Waals surface area contributed by atoms with Crippen LogP contribution < -0.4 is 15.6 Å². The molecule has 10 heteroatoms. The van der Waals surface area contributed by atoms with Crippen molar-refractivity contribution in [2.24, 2.45) is 5.92 Å². The zero-order valence-electron chi connectivity index (χ0n) is 20.0. The van der Waals surface area contributed by atoms with Gasteiger partial charge < -0.3 is 15.0 Å². The van der Waals surface area contributed by atoms with Crippen LogP contribution in [0.4, 0.5) is 13.2 Å². The number of aromatic amines is 1. The molecule has 0 saturated heterocycles. The summed E-state index contributed by atoms with van der Waals surface area (Å²) in [6.45, 7) is 3.78. The molecule has 0 spiro atoms. The van der Waals surface area contributed by atoms with Gasteiger partial charge in [-0.25, -0.2) is 4.98 Å². The zero-order valence-corrected chi connectivity index (χ0v) is 20.8. The van der Waals surface area contributed by atoms with Crippen LogP contribution in [0.25, 0.3) is 0 Å². The van der Waals surface area contributed by atoms with Crippen molar-refractivity contribution >= 4 is 17.7 Å². The maximum absolute atomic E-state index is 13.2. The first-order valence-electron chi connectivity index (χ1n) is 11.4. The smallest absolute Gasteiger partial charge is 0.446 e. The predicted molar refractivity (Wildman–Crippen MR) is 131 cm³/mol. The molecule has 1 heterocycles. The lowest BCUT2D eigenvalue weighted by Gasteiger charge is -2.25. The number of carbonyl (C=O) groups excluding carboxylic acids is 1. The number of amides is 1. The molecule has 1 fully saturated rings. The average molecular weight is 518 g/mol. The number of carbonyl (C=O) groups is 1. The number of thioether (sulfide) groups is 1. The summed E-state index contributed by atoms with van der Waals surface area (Å²) in [6, 6.07) is 14.1. The molecule has 1 saturated carbocycles. The number of hydrogen-bond acceptors (Lipinski definition) is 5. The van der Waals surface area contributed by atoms with Crippen molar-refractivity contribution in [2.75, 3.05) is 7.11 Å². The molecule has 6 nitrogen and oxygen atoms in total. The Hall–Kier alpha value is -3.27. The van der Waals surface area contributed by atoms with Gasteiger partial charge in [-0.3, -0.25) is 9.59 Å². The van der Waals surface area contributed by atoms with E-state index in [1.807, 2.05) is 38.1 Å². The van der Waals surface area contributed by atoms with Gasteiger partial charge in [-0.2, -0.15) is 13.2 Å². The maximum Gasteiger partial charge on any atom is 0.446 e. The molecule has 3 aromatic rings. The number of methoxy groups -OCH3 is 1. The van der Waals surface area contributed by atoms with Crippen molar-refractivity contribution in [3.05, 3.63) is 87.6 Å². The minimum Gasteiger partial charge on any atom is -0.497 e. The van der Waals surface area contributed by atoms with E-state index in [0.717, 1.165) is 24.5 Å². The van der Waals surface area contributed by atoms with Crippen LogP contribution in [0.15, 0.2) is 64.3 Å². The molecule has 190 valence electrons. The molecule has 0 radical (unpaired) electrons. The van der Waals surface area contributed by atoms with Gasteiger partial charge in [0.1, 0.15) is 17.3 Å². The van der Waals surface area contributed by atoms with E-state index in [1.165, 1.54) is 12.1 Å². The average Bonchev–Trinajstić information content (AvgIpc) is 3.67. The standard InChI is InChI=1S/C26H26F3N3O3S/c1-25(2,17-8-10-18(35-3)11-9-17)24-30-20(14-21(33)31-24)23(34)32-22(15-4-5-15)16-6-12-19(13-7-16)36-26(27,28)29/h6-15,22H,4-5H2,1-3H3,(H,32,34)(H,30,31,33). The Bertz CT molecular complexity index is 1280. The molecule has 2 N–H and O–H groups in total. The van der Waals surface area contributed by atoms with Gasteiger partial charge in [0.2, 0.25) is 0 Å². The van der Waals surface area contributed by atoms with Crippen LogP contribution in [-0.4, -0.2) is 28.5 Å². The van der Waals surface area contributed by atoms with Gasteiger partial charge >= 0.3 is 5.51 Å². The van der Waals surface area contributed by atoms with E-state index in [4.69, 9.17) is 4.74 Å². The first-order valence-corrected chi connectivity index (χ1v) is 12.2. The van der Waals surface area contributed by atoms with Crippen LogP contribution in [0, 0.1) is 5.92 Å². The SMILES string of the molecule is COc1ccc(C(C)(C)c2nc(C(=O)NC(c3ccc(SC(F)(F)F)cc3)C3CC3)cc(=O)[nH]2)cc1. The molecular formula is C26H26F3N3O3S. The fourth-order valence-corrected chi connectivity index (χ4v) is 4.55. The molecule has 36 heavy (non-hydrogen) atoms. The van der Waals surface area contributed by atoms with Gasteiger partial charge in [0.15, 0.2) is 0 Å². The third-order valence-corrected chi connectivity index (χ3v) is 6.97. The van der Waals surface area contributed by atoms with E-state index in [0.29, 0.717) is 17.1 Å². The maximum atomic E-state index is 13.2. The van der Waals surface area contributed by atoms with Gasteiger partial charge in [-0.1, -0.05) is 24.3 Å². The number of benzene rings is 2. The largest absolute Gasteiger partial charge is 0.497 e. The normalized spacial score (nSPS) is 14.8. The first kappa shape index (κ1) is 25.8. The number of ether oxygens (including phenoxy) is 1. The summed E-state index contributed by atoms with van der Waals surface area (Å²) in [6.07, 6.45) is 1.78. The summed E-state index contributed by atoms with van der Waals surface area (Å²) in [5.74, 6) is 0.688. The third kappa shape index (κ3) is 6.10. The van der Waals surface area contributed by atoms with E-state index < -0.39 is 22.4 Å². The number of rotatable bonds is 8.